The molecular weight excluding hydrogens is 204 g/mol. The van der Waals surface area contributed by atoms with Gasteiger partial charge >= 0.3 is 6.03 Å². The SMILES string of the molecule is Cc1cnc(CNC(=O)NC(C)(C)C)cn1. The van der Waals surface area contributed by atoms with Crippen molar-refractivity contribution in [3.63, 3.8) is 0 Å². The molecule has 5 nitrogen and oxygen atoms in total. The van der Waals surface area contributed by atoms with Crippen LogP contribution in [0.25, 0.3) is 0 Å². The van der Waals surface area contributed by atoms with Crippen LogP contribution in [0.15, 0.2) is 12.4 Å². The molecule has 16 heavy (non-hydrogen) atoms. The predicted molar refractivity (Wildman–Crippen MR) is 61.9 cm³/mol. The first kappa shape index (κ1) is 12.4. The standard InChI is InChI=1S/C11H18N4O/c1-8-5-13-9(6-12-8)7-14-10(16)15-11(2,3)4/h5-6H,7H2,1-4H3,(H2,14,15,16). The largest absolute Gasteiger partial charge is 0.334 e. The zero-order chi connectivity index (χ0) is 12.2. The van der Waals surface area contributed by atoms with Crippen molar-refractivity contribution in [1.82, 2.24) is 20.6 Å². The van der Waals surface area contributed by atoms with Gasteiger partial charge in [0.05, 0.1) is 24.1 Å². The molecule has 0 aromatic carbocycles. The summed E-state index contributed by atoms with van der Waals surface area (Å²) >= 11 is 0. The van der Waals surface area contributed by atoms with E-state index < -0.39 is 0 Å². The number of urea groups is 1. The first-order valence-electron chi connectivity index (χ1n) is 5.20. The lowest BCUT2D eigenvalue weighted by Crippen LogP contribution is -2.46. The normalized spacial score (nSPS) is 11.0. The molecule has 1 heterocycles. The first-order chi connectivity index (χ1) is 7.37. The second-order valence-corrected chi connectivity index (χ2v) is 4.71. The molecule has 0 saturated carbocycles. The number of aromatic nitrogens is 2. The number of nitrogens with zero attached hydrogens (tertiary/aromatic N) is 2. The Labute approximate surface area is 95.7 Å². The van der Waals surface area contributed by atoms with Crippen LogP contribution in [0.1, 0.15) is 32.2 Å². The van der Waals surface area contributed by atoms with Gasteiger partial charge in [-0.3, -0.25) is 9.97 Å². The fraction of sp³-hybridized carbons (Fsp3) is 0.545. The Morgan fingerprint density at radius 3 is 2.50 bits per heavy atom. The third-order valence-electron chi connectivity index (χ3n) is 1.75. The van der Waals surface area contributed by atoms with Crippen LogP contribution in [0.4, 0.5) is 4.79 Å². The van der Waals surface area contributed by atoms with E-state index >= 15 is 0 Å². The van der Waals surface area contributed by atoms with Crippen molar-refractivity contribution >= 4 is 6.03 Å². The Balaban J connectivity index is 2.40. The van der Waals surface area contributed by atoms with Gasteiger partial charge in [0.1, 0.15) is 0 Å². The van der Waals surface area contributed by atoms with Gasteiger partial charge < -0.3 is 10.6 Å². The van der Waals surface area contributed by atoms with Crippen molar-refractivity contribution in [1.29, 1.82) is 0 Å². The van der Waals surface area contributed by atoms with Crippen molar-refractivity contribution in [3.8, 4) is 0 Å². The second kappa shape index (κ2) is 4.92. The maximum Gasteiger partial charge on any atom is 0.315 e. The minimum Gasteiger partial charge on any atom is -0.334 e. The highest BCUT2D eigenvalue weighted by molar-refractivity contribution is 5.74. The summed E-state index contributed by atoms with van der Waals surface area (Å²) in [5.41, 5.74) is 1.38. The van der Waals surface area contributed by atoms with Crippen LogP contribution in [0.5, 0.6) is 0 Å². The van der Waals surface area contributed by atoms with Gasteiger partial charge in [-0.2, -0.15) is 0 Å². The Hall–Kier alpha value is -1.65. The monoisotopic (exact) mass is 222 g/mol. The Morgan fingerprint density at radius 1 is 1.31 bits per heavy atom. The number of nitrogens with one attached hydrogen (secondary N) is 2. The van der Waals surface area contributed by atoms with Crippen molar-refractivity contribution in [2.24, 2.45) is 0 Å². The summed E-state index contributed by atoms with van der Waals surface area (Å²) in [6, 6.07) is -0.199. The van der Waals surface area contributed by atoms with E-state index in [1.807, 2.05) is 27.7 Å². The molecule has 0 spiro atoms. The zero-order valence-electron chi connectivity index (χ0n) is 10.2. The molecule has 1 aromatic rings. The molecule has 2 N–H and O–H groups in total. The maximum absolute atomic E-state index is 11.4. The van der Waals surface area contributed by atoms with Crippen molar-refractivity contribution < 1.29 is 4.79 Å². The third kappa shape index (κ3) is 4.72. The lowest BCUT2D eigenvalue weighted by molar-refractivity contribution is 0.231. The van der Waals surface area contributed by atoms with E-state index in [1.54, 1.807) is 12.4 Å². The van der Waals surface area contributed by atoms with E-state index in [1.165, 1.54) is 0 Å². The van der Waals surface area contributed by atoms with Gasteiger partial charge in [0.15, 0.2) is 0 Å². The van der Waals surface area contributed by atoms with Gasteiger partial charge in [0, 0.05) is 11.7 Å². The lowest BCUT2D eigenvalue weighted by Gasteiger charge is -2.20. The average Bonchev–Trinajstić information content (AvgIpc) is 2.14. The highest BCUT2D eigenvalue weighted by Crippen LogP contribution is 1.98. The van der Waals surface area contributed by atoms with E-state index in [4.69, 9.17) is 0 Å². The second-order valence-electron chi connectivity index (χ2n) is 4.71. The number of hydrogen-bond donors (Lipinski definition) is 2. The van der Waals surface area contributed by atoms with Crippen LogP contribution < -0.4 is 10.6 Å². The van der Waals surface area contributed by atoms with E-state index in [2.05, 4.69) is 20.6 Å². The molecule has 0 aliphatic heterocycles. The molecule has 5 heteroatoms. The van der Waals surface area contributed by atoms with Gasteiger partial charge in [0.2, 0.25) is 0 Å². The quantitative estimate of drug-likeness (QED) is 0.794. The fourth-order valence-electron chi connectivity index (χ4n) is 1.07. The van der Waals surface area contributed by atoms with Crippen molar-refractivity contribution in [3.05, 3.63) is 23.8 Å². The molecule has 2 amide bonds. The molecule has 0 unspecified atom stereocenters. The minimum atomic E-state index is -0.233. The summed E-state index contributed by atoms with van der Waals surface area (Å²) in [5, 5.41) is 5.52. The topological polar surface area (TPSA) is 66.9 Å². The third-order valence-corrected chi connectivity index (χ3v) is 1.75. The predicted octanol–water partition coefficient (Wildman–Crippen LogP) is 1.38. The summed E-state index contributed by atoms with van der Waals surface area (Å²) in [7, 11) is 0. The molecule has 88 valence electrons. The molecule has 0 radical (unpaired) electrons. The molecular formula is C11H18N4O. The number of rotatable bonds is 2. The van der Waals surface area contributed by atoms with Gasteiger partial charge in [-0.15, -0.1) is 0 Å². The number of aryl methyl sites for hydroxylation is 1. The van der Waals surface area contributed by atoms with Crippen LogP contribution >= 0.6 is 0 Å². The molecule has 0 atom stereocenters. The van der Waals surface area contributed by atoms with Gasteiger partial charge in [-0.05, 0) is 27.7 Å². The van der Waals surface area contributed by atoms with Gasteiger partial charge in [-0.25, -0.2) is 4.79 Å². The van der Waals surface area contributed by atoms with E-state index in [0.29, 0.717) is 6.54 Å². The van der Waals surface area contributed by atoms with Crippen LogP contribution in [-0.2, 0) is 6.54 Å². The molecule has 0 aliphatic carbocycles. The van der Waals surface area contributed by atoms with Crippen LogP contribution in [0.2, 0.25) is 0 Å². The Kier molecular flexibility index (Phi) is 3.82. The highest BCUT2D eigenvalue weighted by Gasteiger charge is 2.12. The fourth-order valence-corrected chi connectivity index (χ4v) is 1.07. The number of carbonyl (C=O) groups is 1. The molecule has 1 rings (SSSR count). The summed E-state index contributed by atoms with van der Waals surface area (Å²) in [6.45, 7) is 8.04. The lowest BCUT2D eigenvalue weighted by atomic mass is 10.1. The maximum atomic E-state index is 11.4. The number of carbonyl (C=O) groups excluding carboxylic acids is 1. The summed E-state index contributed by atoms with van der Waals surface area (Å²) in [4.78, 5) is 19.7. The van der Waals surface area contributed by atoms with Crippen molar-refractivity contribution in [2.45, 2.75) is 39.8 Å². The molecule has 0 bridgehead atoms. The van der Waals surface area contributed by atoms with Crippen LogP contribution in [-0.4, -0.2) is 21.5 Å². The summed E-state index contributed by atoms with van der Waals surface area (Å²) < 4.78 is 0. The summed E-state index contributed by atoms with van der Waals surface area (Å²) in [5.74, 6) is 0. The Morgan fingerprint density at radius 2 is 2.00 bits per heavy atom. The van der Waals surface area contributed by atoms with Gasteiger partial charge in [0.25, 0.3) is 0 Å². The van der Waals surface area contributed by atoms with E-state index in [9.17, 15) is 4.79 Å². The molecule has 0 saturated heterocycles. The van der Waals surface area contributed by atoms with E-state index in [0.717, 1.165) is 11.4 Å². The summed E-state index contributed by atoms with van der Waals surface area (Å²) in [6.07, 6.45) is 3.34. The number of hydrogen-bond acceptors (Lipinski definition) is 3. The highest BCUT2D eigenvalue weighted by atomic mass is 16.2. The van der Waals surface area contributed by atoms with Crippen LogP contribution in [0.3, 0.4) is 0 Å². The molecule has 0 fully saturated rings. The molecule has 0 aliphatic rings. The molecule has 1 aromatic heterocycles. The first-order valence-corrected chi connectivity index (χ1v) is 5.20. The van der Waals surface area contributed by atoms with Crippen molar-refractivity contribution in [2.75, 3.05) is 0 Å². The Bertz CT molecular complexity index is 353. The smallest absolute Gasteiger partial charge is 0.315 e. The van der Waals surface area contributed by atoms with Gasteiger partial charge in [-0.1, -0.05) is 0 Å². The number of amides is 2. The van der Waals surface area contributed by atoms with Crippen LogP contribution in [0, 0.1) is 6.92 Å². The van der Waals surface area contributed by atoms with E-state index in [-0.39, 0.29) is 11.6 Å². The minimum absolute atomic E-state index is 0.199. The average molecular weight is 222 g/mol. The zero-order valence-corrected chi connectivity index (χ0v) is 10.2.